The fourth-order valence-corrected chi connectivity index (χ4v) is 4.99. The Hall–Kier alpha value is -1.16. The van der Waals surface area contributed by atoms with Crippen molar-refractivity contribution in [2.24, 2.45) is 0 Å². The van der Waals surface area contributed by atoms with Gasteiger partial charge in [0.05, 0.1) is 18.9 Å². The highest BCUT2D eigenvalue weighted by Crippen LogP contribution is 2.60. The number of aliphatic carboxylic acids is 1. The van der Waals surface area contributed by atoms with Gasteiger partial charge in [-0.1, -0.05) is 24.3 Å². The monoisotopic (exact) mass is 297 g/mol. The third kappa shape index (κ3) is 2.66. The molecular formula is C14H18O5P-. The van der Waals surface area contributed by atoms with Gasteiger partial charge in [-0.25, -0.2) is 0 Å². The summed E-state index contributed by atoms with van der Waals surface area (Å²) in [5.41, 5.74) is 0.799. The van der Waals surface area contributed by atoms with Gasteiger partial charge in [0.15, 0.2) is 0 Å². The Labute approximate surface area is 118 Å². The molecule has 1 aromatic carbocycles. The highest BCUT2D eigenvalue weighted by Gasteiger charge is 2.46. The third-order valence-corrected chi connectivity index (χ3v) is 6.01. The van der Waals surface area contributed by atoms with E-state index >= 15 is 0 Å². The van der Waals surface area contributed by atoms with E-state index in [1.165, 1.54) is 0 Å². The van der Waals surface area contributed by atoms with Crippen LogP contribution in [0, 0.1) is 0 Å². The number of hydrogen-bond acceptors (Lipinski definition) is 5. The summed E-state index contributed by atoms with van der Waals surface area (Å²) in [6.45, 7) is 3.84. The number of fused-ring (bicyclic) bond motifs is 1. The maximum Gasteiger partial charge on any atom is 0.335 e. The molecule has 20 heavy (non-hydrogen) atoms. The lowest BCUT2D eigenvalue weighted by Gasteiger charge is -2.28. The molecule has 0 saturated carbocycles. The molecule has 0 aliphatic heterocycles. The van der Waals surface area contributed by atoms with Crippen LogP contribution >= 0.6 is 7.60 Å². The molecule has 0 heterocycles. The van der Waals surface area contributed by atoms with Crippen molar-refractivity contribution >= 4 is 13.6 Å². The Morgan fingerprint density at radius 2 is 1.90 bits per heavy atom. The molecule has 2 unspecified atom stereocenters. The highest BCUT2D eigenvalue weighted by molar-refractivity contribution is 7.54. The molecule has 110 valence electrons. The van der Waals surface area contributed by atoms with Crippen LogP contribution in [0.15, 0.2) is 24.3 Å². The minimum absolute atomic E-state index is 0.212. The molecule has 0 fully saturated rings. The fraction of sp³-hybridized carbons (Fsp3) is 0.500. The molecular weight excluding hydrogens is 279 g/mol. The molecule has 5 nitrogen and oxygen atoms in total. The van der Waals surface area contributed by atoms with E-state index in [1.807, 2.05) is 12.1 Å². The van der Waals surface area contributed by atoms with Crippen LogP contribution in [0.2, 0.25) is 0 Å². The molecule has 2 rings (SSSR count). The van der Waals surface area contributed by atoms with Crippen LogP contribution in [0.1, 0.15) is 30.9 Å². The summed E-state index contributed by atoms with van der Waals surface area (Å²) >= 11 is 0. The van der Waals surface area contributed by atoms with E-state index in [0.29, 0.717) is 12.0 Å². The molecule has 0 aromatic heterocycles. The van der Waals surface area contributed by atoms with E-state index in [1.54, 1.807) is 26.0 Å². The summed E-state index contributed by atoms with van der Waals surface area (Å²) in [5, 5.41) is 11.5. The Balaban J connectivity index is 2.42. The minimum atomic E-state index is -3.48. The van der Waals surface area contributed by atoms with Gasteiger partial charge in [0.25, 0.3) is 0 Å². The molecule has 1 aliphatic rings. The van der Waals surface area contributed by atoms with Crippen LogP contribution < -0.4 is 5.11 Å². The number of carboxylic acid groups (broad SMARTS) is 1. The second-order valence-electron chi connectivity index (χ2n) is 4.64. The average Bonchev–Trinajstić information content (AvgIpc) is 2.79. The molecule has 1 aromatic rings. The second kappa shape index (κ2) is 6.08. The van der Waals surface area contributed by atoms with Crippen LogP contribution in [0.25, 0.3) is 0 Å². The summed E-state index contributed by atoms with van der Waals surface area (Å²) in [6, 6.07) is 7.18. The maximum atomic E-state index is 12.9. The Morgan fingerprint density at radius 1 is 1.30 bits per heavy atom. The van der Waals surface area contributed by atoms with Gasteiger partial charge >= 0.3 is 7.60 Å². The van der Waals surface area contributed by atoms with Crippen molar-refractivity contribution in [1.82, 2.24) is 0 Å². The Morgan fingerprint density at radius 3 is 2.45 bits per heavy atom. The van der Waals surface area contributed by atoms with Gasteiger partial charge in [0, 0.05) is 11.9 Å². The predicted octanol–water partition coefficient (Wildman–Crippen LogP) is 1.71. The first kappa shape index (κ1) is 15.2. The van der Waals surface area contributed by atoms with Crippen molar-refractivity contribution in [2.75, 3.05) is 13.2 Å². The van der Waals surface area contributed by atoms with Crippen LogP contribution in [0.5, 0.6) is 0 Å². The topological polar surface area (TPSA) is 75.7 Å². The minimum Gasteiger partial charge on any atom is -0.549 e. The summed E-state index contributed by atoms with van der Waals surface area (Å²) < 4.78 is 23.5. The molecule has 2 atom stereocenters. The van der Waals surface area contributed by atoms with Gasteiger partial charge in [-0.15, -0.1) is 0 Å². The van der Waals surface area contributed by atoms with E-state index in [9.17, 15) is 14.5 Å². The van der Waals surface area contributed by atoms with Crippen molar-refractivity contribution < 1.29 is 23.5 Å². The van der Waals surface area contributed by atoms with Crippen molar-refractivity contribution in [2.45, 2.75) is 31.8 Å². The van der Waals surface area contributed by atoms with Gasteiger partial charge in [-0.05, 0) is 31.4 Å². The Kier molecular flexibility index (Phi) is 4.63. The zero-order valence-electron chi connectivity index (χ0n) is 11.6. The van der Waals surface area contributed by atoms with E-state index < -0.39 is 25.1 Å². The van der Waals surface area contributed by atoms with Crippen molar-refractivity contribution in [3.8, 4) is 0 Å². The van der Waals surface area contributed by atoms with Crippen LogP contribution in [0.3, 0.4) is 0 Å². The van der Waals surface area contributed by atoms with E-state index in [2.05, 4.69) is 0 Å². The lowest BCUT2D eigenvalue weighted by atomic mass is 10.0. The third-order valence-electron chi connectivity index (χ3n) is 3.48. The van der Waals surface area contributed by atoms with Gasteiger partial charge in [0.2, 0.25) is 0 Å². The van der Waals surface area contributed by atoms with Gasteiger partial charge in [0.1, 0.15) is 0 Å². The quantitative estimate of drug-likeness (QED) is 0.747. The van der Waals surface area contributed by atoms with Gasteiger partial charge in [-0.2, -0.15) is 0 Å². The summed E-state index contributed by atoms with van der Waals surface area (Å²) in [7, 11) is -3.48. The first-order valence-corrected chi connectivity index (χ1v) is 8.32. The lowest BCUT2D eigenvalue weighted by molar-refractivity contribution is -0.307. The molecule has 0 bridgehead atoms. The van der Waals surface area contributed by atoms with Crippen molar-refractivity contribution in [3.63, 3.8) is 0 Å². The number of carbonyl (C=O) groups is 1. The molecule has 0 saturated heterocycles. The molecule has 0 N–H and O–H groups in total. The maximum absolute atomic E-state index is 12.9. The molecule has 1 aliphatic carbocycles. The normalized spacial score (nSPS) is 21.7. The number of hydrogen-bond donors (Lipinski definition) is 0. The first-order chi connectivity index (χ1) is 9.53. The highest BCUT2D eigenvalue weighted by atomic mass is 31.2. The molecule has 0 amide bonds. The van der Waals surface area contributed by atoms with Gasteiger partial charge in [-0.3, -0.25) is 4.57 Å². The summed E-state index contributed by atoms with van der Waals surface area (Å²) in [4.78, 5) is 11.5. The lowest BCUT2D eigenvalue weighted by Crippen LogP contribution is -2.35. The van der Waals surface area contributed by atoms with Crippen molar-refractivity contribution in [1.29, 1.82) is 0 Å². The molecule has 6 heteroatoms. The number of benzene rings is 1. The van der Waals surface area contributed by atoms with Crippen molar-refractivity contribution in [3.05, 3.63) is 35.4 Å². The van der Waals surface area contributed by atoms with E-state index in [-0.39, 0.29) is 13.2 Å². The molecule has 0 spiro atoms. The largest absolute Gasteiger partial charge is 0.549 e. The summed E-state index contributed by atoms with van der Waals surface area (Å²) in [6.07, 6.45) is 0.367. The SMILES string of the molecule is CCOP(=O)(OCC)C1Cc2ccccc2C1C(=O)[O-]. The van der Waals surface area contributed by atoms with E-state index in [0.717, 1.165) is 5.56 Å². The first-order valence-electron chi connectivity index (χ1n) is 6.71. The summed E-state index contributed by atoms with van der Waals surface area (Å²) in [5.74, 6) is -2.19. The fourth-order valence-electron chi connectivity index (χ4n) is 2.74. The smallest absolute Gasteiger partial charge is 0.335 e. The number of carboxylic acids is 1. The van der Waals surface area contributed by atoms with E-state index in [4.69, 9.17) is 9.05 Å². The van der Waals surface area contributed by atoms with Crippen LogP contribution in [0.4, 0.5) is 0 Å². The van der Waals surface area contributed by atoms with Crippen LogP contribution in [-0.4, -0.2) is 24.8 Å². The zero-order valence-corrected chi connectivity index (χ0v) is 12.5. The predicted molar refractivity (Wildman–Crippen MR) is 72.5 cm³/mol. The van der Waals surface area contributed by atoms with Crippen LogP contribution in [-0.2, 0) is 24.8 Å². The number of carbonyl (C=O) groups excluding carboxylic acids is 1. The molecule has 0 radical (unpaired) electrons. The van der Waals surface area contributed by atoms with Gasteiger partial charge < -0.3 is 18.9 Å². The number of rotatable bonds is 6. The zero-order chi connectivity index (χ0) is 14.8. The average molecular weight is 297 g/mol. The standard InChI is InChI=1S/C14H19O5P/c1-3-18-20(17,19-4-2)12-9-10-7-5-6-8-11(10)13(12)14(15)16/h5-8,12-13H,3-4,9H2,1-2H3,(H,15,16)/p-1. The second-order valence-corrected chi connectivity index (χ2v) is 6.90. The Bertz CT molecular complexity index is 532.